The highest BCUT2D eigenvalue weighted by Gasteiger charge is 2.45. The van der Waals surface area contributed by atoms with Gasteiger partial charge in [0.1, 0.15) is 42.0 Å². The summed E-state index contributed by atoms with van der Waals surface area (Å²) in [5.74, 6) is -3.75. The number of nitrogens with one attached hydrogen (secondary N) is 4. The van der Waals surface area contributed by atoms with Crippen LogP contribution >= 0.6 is 0 Å². The number of phenols is 1. The molecule has 5 rings (SSSR count). The molecule has 1 aromatic carbocycles. The number of phenolic OH excluding ortho intramolecular Hbond substituents is 1. The molecule has 6 atom stereocenters. The Bertz CT molecular complexity index is 1530. The van der Waals surface area contributed by atoms with Gasteiger partial charge in [-0.3, -0.25) is 33.6 Å². The summed E-state index contributed by atoms with van der Waals surface area (Å²) >= 11 is 0. The molecule has 4 aliphatic heterocycles. The predicted molar refractivity (Wildman–Crippen MR) is 189 cm³/mol. The lowest BCUT2D eigenvalue weighted by molar-refractivity contribution is -0.148. The lowest BCUT2D eigenvalue weighted by atomic mass is 10.00. The molecule has 0 spiro atoms. The highest BCUT2D eigenvalue weighted by Crippen LogP contribution is 2.27. The molecular formula is C37H53N7O8. The van der Waals surface area contributed by atoms with Gasteiger partial charge in [-0.15, -0.1) is 0 Å². The second-order valence-electron chi connectivity index (χ2n) is 15.2. The standard InChI is InChI=1S/C37H53N7O8/c1-21(2)18-26-35(50)42-15-5-8-27(42)33(48)38-20-30(46)41-31(22(3)4)37(52)44-17-7-10-29(44)36(51)43-16-6-9-28(43)34(49)39-25(32(47)40-26)19-23-11-13-24(45)14-12-23/h11-14,21-22,25-29,31,45H,5-10,15-20H2,1-4H3,(H,38,48)(H,39,49)(H,40,47)(H,41,46)/t25-,26-,27-,28-,29-,31-/m0/s1. The van der Waals surface area contributed by atoms with E-state index in [-0.39, 0.29) is 42.9 Å². The number of aromatic hydroxyl groups is 1. The minimum absolute atomic E-state index is 0.0164. The number of nitrogens with zero attached hydrogens (tertiary/aromatic N) is 3. The Morgan fingerprint density at radius 1 is 0.654 bits per heavy atom. The topological polar surface area (TPSA) is 198 Å². The third-order valence-electron chi connectivity index (χ3n) is 10.5. The Labute approximate surface area is 304 Å². The molecule has 4 heterocycles. The van der Waals surface area contributed by atoms with Crippen LogP contribution in [0.4, 0.5) is 0 Å². The molecule has 4 fully saturated rings. The lowest BCUT2D eigenvalue weighted by Crippen LogP contribution is -2.59. The average Bonchev–Trinajstić information content (AvgIpc) is 3.89. The van der Waals surface area contributed by atoms with Crippen molar-refractivity contribution in [3.05, 3.63) is 29.8 Å². The van der Waals surface area contributed by atoms with Gasteiger partial charge in [0.2, 0.25) is 41.4 Å². The van der Waals surface area contributed by atoms with Crippen LogP contribution in [0.5, 0.6) is 5.75 Å². The van der Waals surface area contributed by atoms with E-state index in [2.05, 4.69) is 21.3 Å². The molecule has 1 aromatic rings. The van der Waals surface area contributed by atoms with Crippen molar-refractivity contribution >= 4 is 41.4 Å². The van der Waals surface area contributed by atoms with Crippen LogP contribution in [0.3, 0.4) is 0 Å². The number of carbonyl (C=O) groups excluding carboxylic acids is 7. The van der Waals surface area contributed by atoms with Crippen LogP contribution in [0.25, 0.3) is 0 Å². The van der Waals surface area contributed by atoms with Crippen LogP contribution in [0.2, 0.25) is 0 Å². The van der Waals surface area contributed by atoms with Gasteiger partial charge in [-0.25, -0.2) is 0 Å². The van der Waals surface area contributed by atoms with Crippen LogP contribution in [0, 0.1) is 11.8 Å². The van der Waals surface area contributed by atoms with E-state index in [1.165, 1.54) is 26.8 Å². The monoisotopic (exact) mass is 723 g/mol. The first kappa shape index (κ1) is 38.5. The van der Waals surface area contributed by atoms with Crippen LogP contribution in [0.15, 0.2) is 24.3 Å². The first-order valence-electron chi connectivity index (χ1n) is 18.6. The van der Waals surface area contributed by atoms with Crippen molar-refractivity contribution < 1.29 is 38.7 Å². The van der Waals surface area contributed by atoms with E-state index in [0.29, 0.717) is 57.2 Å². The zero-order valence-corrected chi connectivity index (χ0v) is 30.6. The Morgan fingerprint density at radius 3 is 1.79 bits per heavy atom. The highest BCUT2D eigenvalue weighted by molar-refractivity contribution is 5.98. The van der Waals surface area contributed by atoms with E-state index in [4.69, 9.17) is 0 Å². The molecule has 4 saturated heterocycles. The number of amides is 7. The maximum atomic E-state index is 14.1. The predicted octanol–water partition coefficient (Wildman–Crippen LogP) is 0.194. The van der Waals surface area contributed by atoms with Crippen LogP contribution in [-0.4, -0.2) is 124 Å². The number of hydrogen-bond donors (Lipinski definition) is 5. The highest BCUT2D eigenvalue weighted by atomic mass is 16.3. The smallest absolute Gasteiger partial charge is 0.246 e. The van der Waals surface area contributed by atoms with E-state index >= 15 is 0 Å². The van der Waals surface area contributed by atoms with Crippen LogP contribution in [-0.2, 0) is 40.0 Å². The van der Waals surface area contributed by atoms with Gasteiger partial charge < -0.3 is 41.1 Å². The number of benzene rings is 1. The Morgan fingerprint density at radius 2 is 1.19 bits per heavy atom. The van der Waals surface area contributed by atoms with Gasteiger partial charge in [0, 0.05) is 26.1 Å². The van der Waals surface area contributed by atoms with E-state index in [9.17, 15) is 38.7 Å². The molecule has 0 aliphatic carbocycles. The maximum absolute atomic E-state index is 14.1. The van der Waals surface area contributed by atoms with Gasteiger partial charge in [0.25, 0.3) is 0 Å². The van der Waals surface area contributed by atoms with Crippen molar-refractivity contribution in [2.24, 2.45) is 11.8 Å². The molecule has 0 unspecified atom stereocenters. The molecule has 284 valence electrons. The fourth-order valence-corrected chi connectivity index (χ4v) is 7.80. The van der Waals surface area contributed by atoms with Crippen molar-refractivity contribution in [1.82, 2.24) is 36.0 Å². The van der Waals surface area contributed by atoms with E-state index in [1.54, 1.807) is 26.0 Å². The molecule has 0 aromatic heterocycles. The first-order chi connectivity index (χ1) is 24.7. The number of rotatable bonds is 5. The molecule has 15 nitrogen and oxygen atoms in total. The SMILES string of the molecule is CC(C)C[C@@H]1NC(=O)[C@H](Cc2ccc(O)cc2)NC(=O)[C@@H]2CCCN2C(=O)[C@@H]2CCCN2C(=O)[C@H](C(C)C)NC(=O)CNC(=O)[C@@H]2CCCN2C1=O. The van der Waals surface area contributed by atoms with E-state index in [1.807, 2.05) is 13.8 Å². The van der Waals surface area contributed by atoms with Crippen LogP contribution in [0.1, 0.15) is 78.2 Å². The fourth-order valence-electron chi connectivity index (χ4n) is 7.80. The quantitative estimate of drug-likeness (QED) is 0.284. The van der Waals surface area contributed by atoms with Gasteiger partial charge in [0.15, 0.2) is 0 Å². The molecule has 15 heteroatoms. The van der Waals surface area contributed by atoms with Gasteiger partial charge >= 0.3 is 0 Å². The first-order valence-corrected chi connectivity index (χ1v) is 18.6. The molecule has 4 aliphatic rings. The van der Waals surface area contributed by atoms with Crippen molar-refractivity contribution in [2.75, 3.05) is 26.2 Å². The Balaban J connectivity index is 1.50. The van der Waals surface area contributed by atoms with Crippen molar-refractivity contribution in [3.8, 4) is 5.75 Å². The third-order valence-corrected chi connectivity index (χ3v) is 10.5. The second kappa shape index (κ2) is 16.8. The summed E-state index contributed by atoms with van der Waals surface area (Å²) in [7, 11) is 0. The molecule has 0 radical (unpaired) electrons. The number of fused-ring (bicyclic) bond motifs is 3. The van der Waals surface area contributed by atoms with Crippen molar-refractivity contribution in [3.63, 3.8) is 0 Å². The van der Waals surface area contributed by atoms with Gasteiger partial charge in [0.05, 0.1) is 6.54 Å². The summed E-state index contributed by atoms with van der Waals surface area (Å²) in [6.07, 6.45) is 3.12. The van der Waals surface area contributed by atoms with Crippen molar-refractivity contribution in [1.29, 1.82) is 0 Å². The summed E-state index contributed by atoms with van der Waals surface area (Å²) in [6.45, 7) is 7.89. The normalized spacial score (nSPS) is 28.6. The summed E-state index contributed by atoms with van der Waals surface area (Å²) < 4.78 is 0. The summed E-state index contributed by atoms with van der Waals surface area (Å²) in [6, 6.07) is 0.567. The van der Waals surface area contributed by atoms with Gasteiger partial charge in [-0.2, -0.15) is 0 Å². The maximum Gasteiger partial charge on any atom is 0.246 e. The van der Waals surface area contributed by atoms with E-state index in [0.717, 1.165) is 0 Å². The second-order valence-corrected chi connectivity index (χ2v) is 15.2. The minimum atomic E-state index is -1.14. The molecular weight excluding hydrogens is 670 g/mol. The van der Waals surface area contributed by atoms with Crippen molar-refractivity contribution in [2.45, 2.75) is 115 Å². The van der Waals surface area contributed by atoms with Crippen LogP contribution < -0.4 is 21.3 Å². The summed E-state index contributed by atoms with van der Waals surface area (Å²) in [5.41, 5.74) is 0.647. The Hall–Kier alpha value is -4.69. The molecule has 7 amide bonds. The zero-order valence-electron chi connectivity index (χ0n) is 30.6. The molecule has 0 bridgehead atoms. The fraction of sp³-hybridized carbons (Fsp3) is 0.649. The largest absolute Gasteiger partial charge is 0.508 e. The molecule has 5 N–H and O–H groups in total. The van der Waals surface area contributed by atoms with Gasteiger partial charge in [-0.1, -0.05) is 39.8 Å². The molecule has 52 heavy (non-hydrogen) atoms. The average molecular weight is 724 g/mol. The summed E-state index contributed by atoms with van der Waals surface area (Å²) in [4.78, 5) is 101. The lowest BCUT2D eigenvalue weighted by Gasteiger charge is -2.34. The Kier molecular flexibility index (Phi) is 12.4. The third kappa shape index (κ3) is 8.84. The number of hydrogen-bond acceptors (Lipinski definition) is 8. The molecule has 0 saturated carbocycles. The zero-order chi connectivity index (χ0) is 37.7. The van der Waals surface area contributed by atoms with E-state index < -0.39 is 78.2 Å². The summed E-state index contributed by atoms with van der Waals surface area (Å²) in [5, 5.41) is 21.0. The number of carbonyl (C=O) groups is 7. The van der Waals surface area contributed by atoms with Gasteiger partial charge in [-0.05, 0) is 74.5 Å². The minimum Gasteiger partial charge on any atom is -0.508 e.